The highest BCUT2D eigenvalue weighted by atomic mass is 15.1. The fraction of sp³-hybridized carbons (Fsp3) is 0.0476. The van der Waals surface area contributed by atoms with Crippen molar-refractivity contribution in [1.29, 1.82) is 0 Å². The Labute approximate surface area is 169 Å². The number of aromatic amines is 2. The third kappa shape index (κ3) is 2.56. The SMILES string of the molecule is Cc1cn(-c2ccnc3[nH]c(-c4n[nH]c5cnc(-c6cnccn6)cc45)cc23)cn1. The van der Waals surface area contributed by atoms with Crippen LogP contribution in [0.2, 0.25) is 0 Å². The van der Waals surface area contributed by atoms with E-state index in [9.17, 15) is 0 Å². The molecule has 0 bridgehead atoms. The lowest BCUT2D eigenvalue weighted by Gasteiger charge is -2.02. The summed E-state index contributed by atoms with van der Waals surface area (Å²) in [6.07, 6.45) is 12.3. The van der Waals surface area contributed by atoms with E-state index in [0.29, 0.717) is 5.69 Å². The molecule has 30 heavy (non-hydrogen) atoms. The van der Waals surface area contributed by atoms with Crippen molar-refractivity contribution >= 4 is 21.9 Å². The molecule has 0 atom stereocenters. The Balaban J connectivity index is 1.52. The lowest BCUT2D eigenvalue weighted by molar-refractivity contribution is 1.06. The van der Waals surface area contributed by atoms with E-state index in [0.717, 1.165) is 50.4 Å². The van der Waals surface area contributed by atoms with Crippen LogP contribution < -0.4 is 0 Å². The van der Waals surface area contributed by atoms with Gasteiger partial charge in [0.15, 0.2) is 0 Å². The molecule has 0 saturated heterocycles. The van der Waals surface area contributed by atoms with Gasteiger partial charge in [-0.3, -0.25) is 20.1 Å². The predicted molar refractivity (Wildman–Crippen MR) is 112 cm³/mol. The van der Waals surface area contributed by atoms with Crippen LogP contribution in [0.5, 0.6) is 0 Å². The monoisotopic (exact) mass is 393 g/mol. The fourth-order valence-electron chi connectivity index (χ4n) is 3.61. The van der Waals surface area contributed by atoms with E-state index in [1.54, 1.807) is 37.3 Å². The van der Waals surface area contributed by atoms with Gasteiger partial charge in [-0.1, -0.05) is 0 Å². The summed E-state index contributed by atoms with van der Waals surface area (Å²) in [6.45, 7) is 1.97. The Hall–Kier alpha value is -4.40. The number of hydrogen-bond acceptors (Lipinski definition) is 6. The Bertz CT molecular complexity index is 1510. The van der Waals surface area contributed by atoms with Crippen molar-refractivity contribution in [2.24, 2.45) is 0 Å². The van der Waals surface area contributed by atoms with Gasteiger partial charge in [0.05, 0.1) is 47.0 Å². The van der Waals surface area contributed by atoms with Crippen LogP contribution >= 0.6 is 0 Å². The van der Waals surface area contributed by atoms with Crippen molar-refractivity contribution in [3.8, 4) is 28.5 Å². The van der Waals surface area contributed by atoms with Crippen LogP contribution in [0.15, 0.2) is 61.7 Å². The summed E-state index contributed by atoms with van der Waals surface area (Å²) in [6, 6.07) is 6.00. The molecule has 0 aromatic carbocycles. The van der Waals surface area contributed by atoms with Crippen molar-refractivity contribution in [3.05, 3.63) is 67.4 Å². The summed E-state index contributed by atoms with van der Waals surface area (Å²) in [5, 5.41) is 9.51. The Morgan fingerprint density at radius 3 is 2.70 bits per heavy atom. The Morgan fingerprint density at radius 1 is 0.900 bits per heavy atom. The summed E-state index contributed by atoms with van der Waals surface area (Å²) in [5.41, 5.74) is 6.70. The zero-order valence-electron chi connectivity index (χ0n) is 15.9. The summed E-state index contributed by atoms with van der Waals surface area (Å²) in [5.74, 6) is 0. The zero-order valence-corrected chi connectivity index (χ0v) is 15.9. The number of rotatable bonds is 3. The molecule has 6 heterocycles. The number of imidazole rings is 1. The van der Waals surface area contributed by atoms with Crippen molar-refractivity contribution in [1.82, 2.24) is 44.7 Å². The quantitative estimate of drug-likeness (QED) is 0.476. The second-order valence-electron chi connectivity index (χ2n) is 6.98. The van der Waals surface area contributed by atoms with E-state index >= 15 is 0 Å². The highest BCUT2D eigenvalue weighted by Gasteiger charge is 2.15. The lowest BCUT2D eigenvalue weighted by atomic mass is 10.1. The first-order chi connectivity index (χ1) is 14.8. The van der Waals surface area contributed by atoms with E-state index in [1.165, 1.54) is 0 Å². The van der Waals surface area contributed by atoms with Gasteiger partial charge in [0.2, 0.25) is 0 Å². The number of pyridine rings is 2. The standard InChI is InChI=1S/C21H15N9/c1-12-10-30(11-26-12)19-2-3-24-21-14(19)7-16(27-21)20-13-6-15(18-8-22-4-5-23-18)25-9-17(13)28-29-20/h2-11H,1H3,(H,24,27)(H,28,29). The molecule has 0 unspecified atom stereocenters. The number of aryl methyl sites for hydroxylation is 1. The van der Waals surface area contributed by atoms with Gasteiger partial charge < -0.3 is 9.55 Å². The van der Waals surface area contributed by atoms with Gasteiger partial charge in [-0.15, -0.1) is 0 Å². The van der Waals surface area contributed by atoms with Crippen LogP contribution in [0, 0.1) is 6.92 Å². The van der Waals surface area contributed by atoms with Gasteiger partial charge >= 0.3 is 0 Å². The third-order valence-electron chi connectivity index (χ3n) is 5.03. The molecule has 0 saturated carbocycles. The number of nitrogens with zero attached hydrogens (tertiary/aromatic N) is 7. The van der Waals surface area contributed by atoms with Gasteiger partial charge in [-0.2, -0.15) is 5.10 Å². The average molecular weight is 393 g/mol. The predicted octanol–water partition coefficient (Wildman–Crippen LogP) is 3.45. The molecule has 0 fully saturated rings. The first-order valence-electron chi connectivity index (χ1n) is 9.36. The van der Waals surface area contributed by atoms with Crippen molar-refractivity contribution in [2.75, 3.05) is 0 Å². The van der Waals surface area contributed by atoms with Crippen LogP contribution in [0.3, 0.4) is 0 Å². The highest BCUT2D eigenvalue weighted by molar-refractivity contribution is 5.97. The Kier molecular flexibility index (Phi) is 3.48. The first kappa shape index (κ1) is 16.5. The number of aromatic nitrogens is 9. The molecule has 6 aromatic rings. The van der Waals surface area contributed by atoms with Crippen LogP contribution in [-0.2, 0) is 0 Å². The van der Waals surface area contributed by atoms with E-state index < -0.39 is 0 Å². The van der Waals surface area contributed by atoms with Crippen molar-refractivity contribution in [2.45, 2.75) is 6.92 Å². The largest absolute Gasteiger partial charge is 0.338 e. The molecule has 0 aliphatic carbocycles. The van der Waals surface area contributed by atoms with Gasteiger partial charge in [0.25, 0.3) is 0 Å². The normalized spacial score (nSPS) is 11.5. The molecular formula is C21H15N9. The molecule has 6 aromatic heterocycles. The van der Waals surface area contributed by atoms with Crippen LogP contribution in [0.25, 0.3) is 50.4 Å². The molecule has 0 amide bonds. The minimum Gasteiger partial charge on any atom is -0.338 e. The van der Waals surface area contributed by atoms with Gasteiger partial charge in [-0.05, 0) is 25.1 Å². The Morgan fingerprint density at radius 2 is 1.87 bits per heavy atom. The van der Waals surface area contributed by atoms with Gasteiger partial charge in [-0.25, -0.2) is 9.97 Å². The molecule has 144 valence electrons. The van der Waals surface area contributed by atoms with E-state index in [4.69, 9.17) is 0 Å². The van der Waals surface area contributed by atoms with Gasteiger partial charge in [0.1, 0.15) is 17.0 Å². The number of nitrogens with one attached hydrogen (secondary N) is 2. The maximum atomic E-state index is 4.52. The maximum absolute atomic E-state index is 4.52. The van der Waals surface area contributed by atoms with Crippen molar-refractivity contribution in [3.63, 3.8) is 0 Å². The zero-order chi connectivity index (χ0) is 20.1. The first-order valence-corrected chi connectivity index (χ1v) is 9.36. The molecule has 9 heteroatoms. The number of fused-ring (bicyclic) bond motifs is 2. The molecule has 0 aliphatic heterocycles. The topological polar surface area (TPSA) is 114 Å². The minimum absolute atomic E-state index is 0.711. The number of hydrogen-bond donors (Lipinski definition) is 2. The molecule has 0 spiro atoms. The summed E-state index contributed by atoms with van der Waals surface area (Å²) in [7, 11) is 0. The second-order valence-corrected chi connectivity index (χ2v) is 6.98. The van der Waals surface area contributed by atoms with Crippen LogP contribution in [0.1, 0.15) is 5.69 Å². The average Bonchev–Trinajstić information content (AvgIpc) is 3.51. The highest BCUT2D eigenvalue weighted by Crippen LogP contribution is 2.31. The fourth-order valence-corrected chi connectivity index (χ4v) is 3.61. The summed E-state index contributed by atoms with van der Waals surface area (Å²) in [4.78, 5) is 25.2. The van der Waals surface area contributed by atoms with E-state index in [2.05, 4.69) is 46.2 Å². The molecule has 0 radical (unpaired) electrons. The molecule has 9 nitrogen and oxygen atoms in total. The summed E-state index contributed by atoms with van der Waals surface area (Å²) >= 11 is 0. The molecule has 2 N–H and O–H groups in total. The maximum Gasteiger partial charge on any atom is 0.139 e. The molecule has 6 rings (SSSR count). The lowest BCUT2D eigenvalue weighted by Crippen LogP contribution is -1.91. The molecular weight excluding hydrogens is 378 g/mol. The minimum atomic E-state index is 0.711. The summed E-state index contributed by atoms with van der Waals surface area (Å²) < 4.78 is 2.00. The van der Waals surface area contributed by atoms with E-state index in [-0.39, 0.29) is 0 Å². The van der Waals surface area contributed by atoms with E-state index in [1.807, 2.05) is 29.8 Å². The third-order valence-corrected chi connectivity index (χ3v) is 5.03. The molecule has 0 aliphatic rings. The van der Waals surface area contributed by atoms with Crippen LogP contribution in [0.4, 0.5) is 0 Å². The number of H-pyrrole nitrogens is 2. The second kappa shape index (κ2) is 6.31. The van der Waals surface area contributed by atoms with Gasteiger partial charge in [0, 0.05) is 35.6 Å². The van der Waals surface area contributed by atoms with Crippen LogP contribution in [-0.4, -0.2) is 44.7 Å². The van der Waals surface area contributed by atoms with Crippen molar-refractivity contribution < 1.29 is 0 Å². The smallest absolute Gasteiger partial charge is 0.139 e.